The number of hydrogen-bond donors (Lipinski definition) is 1. The summed E-state index contributed by atoms with van der Waals surface area (Å²) in [5.41, 5.74) is 9.42. The molecule has 0 bridgehead atoms. The predicted molar refractivity (Wildman–Crippen MR) is 87.2 cm³/mol. The van der Waals surface area contributed by atoms with E-state index in [1.807, 2.05) is 24.3 Å². The molecule has 0 radical (unpaired) electrons. The first-order valence-electron chi connectivity index (χ1n) is 7.00. The minimum atomic E-state index is 0.560. The van der Waals surface area contributed by atoms with Crippen LogP contribution in [-0.4, -0.2) is 9.55 Å². The van der Waals surface area contributed by atoms with Crippen molar-refractivity contribution in [2.24, 2.45) is 0 Å². The van der Waals surface area contributed by atoms with Gasteiger partial charge in [0.25, 0.3) is 0 Å². The maximum absolute atomic E-state index is 6.14. The van der Waals surface area contributed by atoms with Crippen LogP contribution in [0.15, 0.2) is 66.7 Å². The Morgan fingerprint density at radius 1 is 0.857 bits per heavy atom. The van der Waals surface area contributed by atoms with Gasteiger partial charge in [-0.1, -0.05) is 60.7 Å². The highest BCUT2D eigenvalue weighted by Crippen LogP contribution is 2.27. The molecule has 1 aromatic heterocycles. The molecular weight excluding hydrogens is 258 g/mol. The molecule has 0 fully saturated rings. The Hall–Kier alpha value is -2.81. The standard InChI is InChI=1S/C18H15N3/c19-18-20-16-11-10-14-8-4-5-9-15(14)17(16)21(18)12-13-6-2-1-3-7-13/h1-11H,12H2,(H2,19,20). The lowest BCUT2D eigenvalue weighted by atomic mass is 10.1. The molecule has 102 valence electrons. The molecule has 0 spiro atoms. The smallest absolute Gasteiger partial charge is 0.201 e. The molecule has 0 aliphatic carbocycles. The molecule has 1 heterocycles. The molecule has 0 aliphatic rings. The average molecular weight is 273 g/mol. The van der Waals surface area contributed by atoms with E-state index in [2.05, 4.69) is 52.0 Å². The van der Waals surface area contributed by atoms with Gasteiger partial charge >= 0.3 is 0 Å². The highest BCUT2D eigenvalue weighted by atomic mass is 15.1. The highest BCUT2D eigenvalue weighted by molar-refractivity contribution is 6.05. The van der Waals surface area contributed by atoms with E-state index >= 15 is 0 Å². The monoisotopic (exact) mass is 273 g/mol. The van der Waals surface area contributed by atoms with Crippen molar-refractivity contribution >= 4 is 27.8 Å². The molecule has 0 unspecified atom stereocenters. The van der Waals surface area contributed by atoms with Crippen LogP contribution in [0.5, 0.6) is 0 Å². The number of nitrogens with zero attached hydrogens (tertiary/aromatic N) is 2. The van der Waals surface area contributed by atoms with E-state index in [1.165, 1.54) is 16.3 Å². The van der Waals surface area contributed by atoms with E-state index in [0.29, 0.717) is 5.95 Å². The second kappa shape index (κ2) is 4.63. The van der Waals surface area contributed by atoms with Crippen LogP contribution in [0.3, 0.4) is 0 Å². The summed E-state index contributed by atoms with van der Waals surface area (Å²) in [7, 11) is 0. The third kappa shape index (κ3) is 1.94. The fourth-order valence-electron chi connectivity index (χ4n) is 2.84. The third-order valence-electron chi connectivity index (χ3n) is 3.84. The molecule has 4 rings (SSSR count). The lowest BCUT2D eigenvalue weighted by molar-refractivity contribution is 0.841. The van der Waals surface area contributed by atoms with Crippen molar-refractivity contribution in [2.75, 3.05) is 5.73 Å². The van der Waals surface area contributed by atoms with Crippen LogP contribution in [0.25, 0.3) is 21.8 Å². The molecule has 4 aromatic rings. The van der Waals surface area contributed by atoms with Crippen molar-refractivity contribution in [3.05, 3.63) is 72.3 Å². The van der Waals surface area contributed by atoms with Crippen molar-refractivity contribution in [3.8, 4) is 0 Å². The van der Waals surface area contributed by atoms with E-state index in [4.69, 9.17) is 5.73 Å². The maximum atomic E-state index is 6.14. The molecule has 0 saturated carbocycles. The van der Waals surface area contributed by atoms with Crippen molar-refractivity contribution in [3.63, 3.8) is 0 Å². The van der Waals surface area contributed by atoms with Gasteiger partial charge in [0.15, 0.2) is 0 Å². The van der Waals surface area contributed by atoms with Gasteiger partial charge in [-0.3, -0.25) is 0 Å². The minimum Gasteiger partial charge on any atom is -0.369 e. The normalized spacial score (nSPS) is 11.2. The molecule has 2 N–H and O–H groups in total. The first-order valence-corrected chi connectivity index (χ1v) is 7.00. The van der Waals surface area contributed by atoms with Crippen LogP contribution in [-0.2, 0) is 6.54 Å². The van der Waals surface area contributed by atoms with Crippen LogP contribution in [0, 0.1) is 0 Å². The molecule has 0 amide bonds. The van der Waals surface area contributed by atoms with Crippen LogP contribution in [0.2, 0.25) is 0 Å². The first kappa shape index (κ1) is 12.0. The van der Waals surface area contributed by atoms with Gasteiger partial charge in [0.1, 0.15) is 0 Å². The number of aromatic nitrogens is 2. The number of imidazole rings is 1. The van der Waals surface area contributed by atoms with Gasteiger partial charge in [-0.15, -0.1) is 0 Å². The summed E-state index contributed by atoms with van der Waals surface area (Å²) in [5.74, 6) is 0.560. The molecular formula is C18H15N3. The number of fused-ring (bicyclic) bond motifs is 3. The van der Waals surface area contributed by atoms with Crippen LogP contribution >= 0.6 is 0 Å². The lowest BCUT2D eigenvalue weighted by Crippen LogP contribution is -2.04. The Morgan fingerprint density at radius 2 is 1.62 bits per heavy atom. The van der Waals surface area contributed by atoms with Gasteiger partial charge in [0, 0.05) is 5.39 Å². The molecule has 0 atom stereocenters. The van der Waals surface area contributed by atoms with Gasteiger partial charge in [0.05, 0.1) is 17.6 Å². The largest absolute Gasteiger partial charge is 0.369 e. The van der Waals surface area contributed by atoms with Crippen molar-refractivity contribution in [1.29, 1.82) is 0 Å². The second-order valence-electron chi connectivity index (χ2n) is 5.20. The van der Waals surface area contributed by atoms with Crippen LogP contribution in [0.4, 0.5) is 5.95 Å². The van der Waals surface area contributed by atoms with E-state index < -0.39 is 0 Å². The van der Waals surface area contributed by atoms with E-state index in [0.717, 1.165) is 17.6 Å². The topological polar surface area (TPSA) is 43.8 Å². The minimum absolute atomic E-state index is 0.560. The molecule has 0 saturated heterocycles. The summed E-state index contributed by atoms with van der Waals surface area (Å²) in [6, 6.07) is 22.8. The van der Waals surface area contributed by atoms with Gasteiger partial charge in [0.2, 0.25) is 5.95 Å². The third-order valence-corrected chi connectivity index (χ3v) is 3.84. The predicted octanol–water partition coefficient (Wildman–Crippen LogP) is 3.82. The number of benzene rings is 3. The summed E-state index contributed by atoms with van der Waals surface area (Å²) >= 11 is 0. The number of nitrogens with two attached hydrogens (primary N) is 1. The molecule has 0 aliphatic heterocycles. The van der Waals surface area contributed by atoms with Gasteiger partial charge < -0.3 is 10.3 Å². The van der Waals surface area contributed by atoms with Crippen molar-refractivity contribution < 1.29 is 0 Å². The van der Waals surface area contributed by atoms with Crippen molar-refractivity contribution in [2.45, 2.75) is 6.54 Å². The summed E-state index contributed by atoms with van der Waals surface area (Å²) in [6.45, 7) is 0.733. The number of rotatable bonds is 2. The summed E-state index contributed by atoms with van der Waals surface area (Å²) in [4.78, 5) is 4.50. The first-order chi connectivity index (χ1) is 10.3. The fraction of sp³-hybridized carbons (Fsp3) is 0.0556. The zero-order valence-corrected chi connectivity index (χ0v) is 11.5. The Kier molecular flexibility index (Phi) is 2.64. The maximum Gasteiger partial charge on any atom is 0.201 e. The quantitative estimate of drug-likeness (QED) is 0.603. The SMILES string of the molecule is Nc1nc2ccc3ccccc3c2n1Cc1ccccc1. The summed E-state index contributed by atoms with van der Waals surface area (Å²) in [5, 5.41) is 2.40. The fourth-order valence-corrected chi connectivity index (χ4v) is 2.84. The van der Waals surface area contributed by atoms with Gasteiger partial charge in [-0.25, -0.2) is 4.98 Å². The number of hydrogen-bond acceptors (Lipinski definition) is 2. The average Bonchev–Trinajstić information content (AvgIpc) is 2.85. The number of anilines is 1. The highest BCUT2D eigenvalue weighted by Gasteiger charge is 2.11. The van der Waals surface area contributed by atoms with E-state index in [-0.39, 0.29) is 0 Å². The number of nitrogen functional groups attached to an aromatic ring is 1. The summed E-state index contributed by atoms with van der Waals surface area (Å²) in [6.07, 6.45) is 0. The zero-order chi connectivity index (χ0) is 14.2. The molecule has 3 nitrogen and oxygen atoms in total. The van der Waals surface area contributed by atoms with Gasteiger partial charge in [-0.05, 0) is 17.0 Å². The van der Waals surface area contributed by atoms with Crippen molar-refractivity contribution in [1.82, 2.24) is 9.55 Å². The zero-order valence-electron chi connectivity index (χ0n) is 11.5. The van der Waals surface area contributed by atoms with E-state index in [9.17, 15) is 0 Å². The van der Waals surface area contributed by atoms with Crippen LogP contribution < -0.4 is 5.73 Å². The Labute approximate surface area is 122 Å². The second-order valence-corrected chi connectivity index (χ2v) is 5.20. The molecule has 21 heavy (non-hydrogen) atoms. The molecule has 3 aromatic carbocycles. The van der Waals surface area contributed by atoms with Gasteiger partial charge in [-0.2, -0.15) is 0 Å². The Bertz CT molecular complexity index is 923. The lowest BCUT2D eigenvalue weighted by Gasteiger charge is -2.08. The summed E-state index contributed by atoms with van der Waals surface area (Å²) < 4.78 is 2.09. The Balaban J connectivity index is 1.99. The van der Waals surface area contributed by atoms with E-state index in [1.54, 1.807) is 0 Å². The Morgan fingerprint density at radius 3 is 2.48 bits per heavy atom. The van der Waals surface area contributed by atoms with Crippen LogP contribution in [0.1, 0.15) is 5.56 Å². The molecule has 3 heteroatoms.